The van der Waals surface area contributed by atoms with Gasteiger partial charge in [-0.15, -0.1) is 0 Å². The summed E-state index contributed by atoms with van der Waals surface area (Å²) < 4.78 is 0. The van der Waals surface area contributed by atoms with Gasteiger partial charge < -0.3 is 15.9 Å². The van der Waals surface area contributed by atoms with E-state index < -0.39 is 36.2 Å². The summed E-state index contributed by atoms with van der Waals surface area (Å²) >= 11 is 0. The third-order valence-corrected chi connectivity index (χ3v) is 4.17. The van der Waals surface area contributed by atoms with Crippen LogP contribution in [0.25, 0.3) is 0 Å². The van der Waals surface area contributed by atoms with E-state index in [1.165, 1.54) is 18.2 Å². The van der Waals surface area contributed by atoms with Gasteiger partial charge in [0.25, 0.3) is 5.91 Å². The Kier molecular flexibility index (Phi) is 4.02. The Morgan fingerprint density at radius 1 is 1.08 bits per heavy atom. The highest BCUT2D eigenvalue weighted by Gasteiger charge is 2.51. The van der Waals surface area contributed by atoms with Crippen LogP contribution >= 0.6 is 0 Å². The Morgan fingerprint density at radius 2 is 1.72 bits per heavy atom. The largest absolute Gasteiger partial charge is 0.507 e. The molecule has 2 aromatic rings. The second-order valence-electron chi connectivity index (χ2n) is 5.85. The molecule has 1 aliphatic heterocycles. The summed E-state index contributed by atoms with van der Waals surface area (Å²) in [7, 11) is 0. The predicted octanol–water partition coefficient (Wildman–Crippen LogP) is 0.685. The molecule has 2 aromatic carbocycles. The number of amides is 2. The van der Waals surface area contributed by atoms with Crippen LogP contribution in [0.1, 0.15) is 22.3 Å². The molecule has 7 nitrogen and oxygen atoms in total. The van der Waals surface area contributed by atoms with E-state index >= 15 is 0 Å². The highest BCUT2D eigenvalue weighted by Crippen LogP contribution is 2.42. The molecule has 1 aliphatic rings. The highest BCUT2D eigenvalue weighted by molar-refractivity contribution is 6.12. The van der Waals surface area contributed by atoms with Crippen LogP contribution in [0.3, 0.4) is 0 Å². The molecule has 25 heavy (non-hydrogen) atoms. The second kappa shape index (κ2) is 6.03. The predicted molar refractivity (Wildman–Crippen MR) is 88.9 cm³/mol. The minimum Gasteiger partial charge on any atom is -0.507 e. The zero-order valence-electron chi connectivity index (χ0n) is 13.2. The van der Waals surface area contributed by atoms with Gasteiger partial charge in [0.1, 0.15) is 12.3 Å². The fourth-order valence-electron chi connectivity index (χ4n) is 3.03. The molecular weight excluding hydrogens is 324 g/mol. The van der Waals surface area contributed by atoms with Crippen molar-refractivity contribution in [3.8, 4) is 5.75 Å². The smallest absolute Gasteiger partial charge is 0.264 e. The fraction of sp³-hybridized carbons (Fsp3) is 0.167. The molecule has 4 N–H and O–H groups in total. The van der Waals surface area contributed by atoms with E-state index in [0.29, 0.717) is 5.69 Å². The number of phenols is 1. The van der Waals surface area contributed by atoms with Crippen molar-refractivity contribution in [2.24, 2.45) is 5.73 Å². The number of hydrogen-bond donors (Lipinski definition) is 3. The molecular formula is C18H16N2O5. The molecule has 0 bridgehead atoms. The average molecular weight is 340 g/mol. The molecule has 0 saturated heterocycles. The quantitative estimate of drug-likeness (QED) is 0.691. The Hall–Kier alpha value is -3.19. The summed E-state index contributed by atoms with van der Waals surface area (Å²) in [6.45, 7) is -0.400. The van der Waals surface area contributed by atoms with Gasteiger partial charge in [0, 0.05) is 5.56 Å². The number of Topliss-reactive ketones (excluding diaryl/α,β-unsaturated/α-hetero) is 1. The molecule has 0 aliphatic carbocycles. The lowest BCUT2D eigenvalue weighted by Crippen LogP contribution is -2.44. The van der Waals surface area contributed by atoms with Gasteiger partial charge in [-0.1, -0.05) is 30.3 Å². The molecule has 0 spiro atoms. The number of phenolic OH excluding ortho intramolecular Hbond substituents is 1. The van der Waals surface area contributed by atoms with Crippen molar-refractivity contribution >= 4 is 23.3 Å². The van der Waals surface area contributed by atoms with Crippen LogP contribution in [0.4, 0.5) is 5.69 Å². The van der Waals surface area contributed by atoms with Gasteiger partial charge in [-0.25, -0.2) is 0 Å². The Morgan fingerprint density at radius 3 is 2.40 bits per heavy atom. The third kappa shape index (κ3) is 2.74. The van der Waals surface area contributed by atoms with Crippen LogP contribution in [0, 0.1) is 0 Å². The zero-order chi connectivity index (χ0) is 18.2. The molecule has 0 aromatic heterocycles. The van der Waals surface area contributed by atoms with Crippen LogP contribution in [0.2, 0.25) is 0 Å². The van der Waals surface area contributed by atoms with Gasteiger partial charge in [0.05, 0.1) is 17.7 Å². The maximum atomic E-state index is 12.7. The van der Waals surface area contributed by atoms with Crippen LogP contribution < -0.4 is 10.6 Å². The van der Waals surface area contributed by atoms with E-state index in [1.54, 1.807) is 30.3 Å². The van der Waals surface area contributed by atoms with Gasteiger partial charge in [0.2, 0.25) is 5.91 Å². The summed E-state index contributed by atoms with van der Waals surface area (Å²) in [6, 6.07) is 12.2. The molecule has 0 fully saturated rings. The number of benzene rings is 2. The average Bonchev–Trinajstić information content (AvgIpc) is 2.77. The van der Waals surface area contributed by atoms with E-state index in [9.17, 15) is 24.6 Å². The number of nitrogens with zero attached hydrogens (tertiary/aromatic N) is 1. The Balaban J connectivity index is 2.00. The van der Waals surface area contributed by atoms with Gasteiger partial charge in [-0.3, -0.25) is 19.3 Å². The Labute approximate surface area is 143 Å². The van der Waals surface area contributed by atoms with Gasteiger partial charge >= 0.3 is 0 Å². The molecule has 0 saturated carbocycles. The van der Waals surface area contributed by atoms with E-state index in [-0.39, 0.29) is 16.9 Å². The van der Waals surface area contributed by atoms with Crippen molar-refractivity contribution in [2.45, 2.75) is 12.0 Å². The molecule has 1 heterocycles. The summed E-state index contributed by atoms with van der Waals surface area (Å²) in [6.07, 6.45) is -0.560. The maximum absolute atomic E-state index is 12.7. The maximum Gasteiger partial charge on any atom is 0.264 e. The van der Waals surface area contributed by atoms with Gasteiger partial charge in [-0.05, 0) is 18.2 Å². The highest BCUT2D eigenvalue weighted by atomic mass is 16.3. The number of carbonyl (C=O) groups is 3. The zero-order valence-corrected chi connectivity index (χ0v) is 13.2. The number of anilines is 1. The van der Waals surface area contributed by atoms with Gasteiger partial charge in [-0.2, -0.15) is 0 Å². The number of aromatic hydroxyl groups is 1. The minimum absolute atomic E-state index is 0.00885. The van der Waals surface area contributed by atoms with Crippen molar-refractivity contribution < 1.29 is 24.6 Å². The number of nitrogens with two attached hydrogens (primary N) is 1. The number of para-hydroxylation sites is 2. The normalized spacial score (nSPS) is 18.9. The number of rotatable bonds is 5. The first kappa shape index (κ1) is 16.7. The molecule has 1 atom stereocenters. The van der Waals surface area contributed by atoms with Crippen molar-refractivity contribution in [1.29, 1.82) is 0 Å². The third-order valence-electron chi connectivity index (χ3n) is 4.17. The molecule has 128 valence electrons. The molecule has 0 radical (unpaired) electrons. The fourth-order valence-corrected chi connectivity index (χ4v) is 3.03. The monoisotopic (exact) mass is 340 g/mol. The Bertz CT molecular complexity index is 879. The van der Waals surface area contributed by atoms with Crippen molar-refractivity contribution in [2.75, 3.05) is 11.4 Å². The lowest BCUT2D eigenvalue weighted by molar-refractivity contribution is -0.136. The summed E-state index contributed by atoms with van der Waals surface area (Å²) in [5, 5.41) is 20.8. The first-order chi connectivity index (χ1) is 11.8. The van der Waals surface area contributed by atoms with E-state index in [0.717, 1.165) is 4.90 Å². The lowest BCUT2D eigenvalue weighted by Gasteiger charge is -2.22. The standard InChI is InChI=1S/C18H16N2O5/c19-16(23)10-20-13-7-3-2-6-12(13)18(25,17(20)24)9-15(22)11-5-1-4-8-14(11)21/h1-8,21,25H,9-10H2,(H2,19,23)/t18-/m1/s1. The van der Waals surface area contributed by atoms with Crippen molar-refractivity contribution in [1.82, 2.24) is 0 Å². The number of ketones is 1. The first-order valence-corrected chi connectivity index (χ1v) is 7.58. The summed E-state index contributed by atoms with van der Waals surface area (Å²) in [5.41, 5.74) is 3.63. The number of aliphatic hydroxyl groups is 1. The van der Waals surface area contributed by atoms with Crippen LogP contribution in [-0.2, 0) is 15.2 Å². The molecule has 7 heteroatoms. The van der Waals surface area contributed by atoms with Crippen LogP contribution in [-0.4, -0.2) is 34.4 Å². The minimum atomic E-state index is -2.12. The van der Waals surface area contributed by atoms with Crippen LogP contribution in [0.15, 0.2) is 48.5 Å². The topological polar surface area (TPSA) is 121 Å². The molecule has 2 amide bonds. The SMILES string of the molecule is NC(=O)CN1C(=O)[C@@](O)(CC(=O)c2ccccc2O)c2ccccc21. The summed E-state index contributed by atoms with van der Waals surface area (Å²) in [4.78, 5) is 37.6. The lowest BCUT2D eigenvalue weighted by atomic mass is 9.88. The second-order valence-corrected chi connectivity index (χ2v) is 5.85. The van der Waals surface area contributed by atoms with E-state index in [4.69, 9.17) is 5.73 Å². The van der Waals surface area contributed by atoms with Crippen LogP contribution in [0.5, 0.6) is 5.75 Å². The van der Waals surface area contributed by atoms with E-state index in [2.05, 4.69) is 0 Å². The number of primary amides is 1. The summed E-state index contributed by atoms with van der Waals surface area (Å²) in [5.74, 6) is -2.36. The number of hydrogen-bond acceptors (Lipinski definition) is 5. The number of fused-ring (bicyclic) bond motifs is 1. The number of carbonyl (C=O) groups excluding carboxylic acids is 3. The van der Waals surface area contributed by atoms with E-state index in [1.807, 2.05) is 0 Å². The van der Waals surface area contributed by atoms with Crippen molar-refractivity contribution in [3.05, 3.63) is 59.7 Å². The molecule has 0 unspecified atom stereocenters. The van der Waals surface area contributed by atoms with Gasteiger partial charge in [0.15, 0.2) is 11.4 Å². The molecule has 3 rings (SSSR count). The first-order valence-electron chi connectivity index (χ1n) is 7.58. The van der Waals surface area contributed by atoms with Crippen molar-refractivity contribution in [3.63, 3.8) is 0 Å².